The third-order valence-corrected chi connectivity index (χ3v) is 12.2. The molecule has 51 heavy (non-hydrogen) atoms. The predicted molar refractivity (Wildman–Crippen MR) is 221 cm³/mol. The van der Waals surface area contributed by atoms with Crippen LogP contribution in [0.15, 0.2) is 0 Å². The number of rotatable bonds is 31. The van der Waals surface area contributed by atoms with E-state index in [1.807, 2.05) is 13.8 Å². The van der Waals surface area contributed by atoms with Crippen LogP contribution in [0.4, 0.5) is 0 Å². The fourth-order valence-electron chi connectivity index (χ4n) is 7.71. The van der Waals surface area contributed by atoms with Gasteiger partial charge < -0.3 is 14.4 Å². The van der Waals surface area contributed by atoms with E-state index in [9.17, 15) is 9.59 Å². The van der Waals surface area contributed by atoms with Gasteiger partial charge in [-0.05, 0) is 102 Å². The minimum absolute atomic E-state index is 0.00117. The summed E-state index contributed by atoms with van der Waals surface area (Å²) in [5.41, 5.74) is -0.652. The summed E-state index contributed by atoms with van der Waals surface area (Å²) in [4.78, 5) is 28.7. The Morgan fingerprint density at radius 3 is 1.69 bits per heavy atom. The lowest BCUT2D eigenvalue weighted by atomic mass is 9.59. The molecule has 0 aromatic carbocycles. The lowest BCUT2D eigenvalue weighted by molar-refractivity contribution is -0.171. The van der Waals surface area contributed by atoms with Gasteiger partial charge in [0.15, 0.2) is 0 Å². The van der Waals surface area contributed by atoms with E-state index in [1.165, 1.54) is 109 Å². The van der Waals surface area contributed by atoms with Crippen molar-refractivity contribution in [1.29, 1.82) is 0 Å². The van der Waals surface area contributed by atoms with E-state index in [1.54, 1.807) is 0 Å². The number of nitrogens with zero attached hydrogens (tertiary/aromatic N) is 1. The van der Waals surface area contributed by atoms with Crippen LogP contribution < -0.4 is 0 Å². The van der Waals surface area contributed by atoms with Crippen LogP contribution in [-0.4, -0.2) is 49.7 Å². The molecule has 5 nitrogen and oxygen atoms in total. The van der Waals surface area contributed by atoms with Gasteiger partial charge in [0.25, 0.3) is 0 Å². The van der Waals surface area contributed by atoms with Gasteiger partial charge in [-0.25, -0.2) is 0 Å². The van der Waals surface area contributed by atoms with Crippen molar-refractivity contribution < 1.29 is 19.1 Å². The summed E-state index contributed by atoms with van der Waals surface area (Å²) in [6.07, 6.45) is 30.5. The molecule has 1 saturated heterocycles. The first-order valence-corrected chi connectivity index (χ1v) is 22.5. The number of carbonyl (C=O) groups is 2. The summed E-state index contributed by atoms with van der Waals surface area (Å²) in [6, 6.07) is 0. The molecule has 1 aliphatic heterocycles. The van der Waals surface area contributed by atoms with Gasteiger partial charge in [0.05, 0.1) is 12.0 Å². The van der Waals surface area contributed by atoms with Crippen LogP contribution in [0.5, 0.6) is 0 Å². The van der Waals surface area contributed by atoms with Crippen molar-refractivity contribution in [3.8, 4) is 0 Å². The third-order valence-electron chi connectivity index (χ3n) is 12.2. The molecule has 3 unspecified atom stereocenters. The minimum Gasteiger partial charge on any atom is -0.465 e. The Morgan fingerprint density at radius 1 is 0.667 bits per heavy atom. The fraction of sp³-hybridized carbons (Fsp3) is 0.957. The van der Waals surface area contributed by atoms with Gasteiger partial charge in [-0.1, -0.05) is 151 Å². The zero-order valence-corrected chi connectivity index (χ0v) is 36.3. The van der Waals surface area contributed by atoms with Crippen LogP contribution in [0.1, 0.15) is 229 Å². The molecule has 1 fully saturated rings. The molecule has 0 bridgehead atoms. The highest BCUT2D eigenvalue weighted by Crippen LogP contribution is 2.48. The number of carbonyl (C=O) groups excluding carboxylic acids is 2. The first-order chi connectivity index (χ1) is 24.5. The Labute approximate surface area is 319 Å². The Hall–Kier alpha value is -1.10. The predicted octanol–water partition coefficient (Wildman–Crippen LogP) is 13.9. The molecule has 0 N–H and O–H groups in total. The fourth-order valence-corrected chi connectivity index (χ4v) is 7.71. The summed E-state index contributed by atoms with van der Waals surface area (Å²) in [5.74, 6) is 1.02. The molecule has 0 radical (unpaired) electrons. The Morgan fingerprint density at radius 2 is 1.14 bits per heavy atom. The largest absolute Gasteiger partial charge is 0.465 e. The average molecular weight is 722 g/mol. The maximum absolute atomic E-state index is 13.8. The molecule has 0 amide bonds. The van der Waals surface area contributed by atoms with E-state index in [0.717, 1.165) is 64.5 Å². The van der Waals surface area contributed by atoms with Gasteiger partial charge in [0.1, 0.15) is 6.10 Å². The van der Waals surface area contributed by atoms with Crippen molar-refractivity contribution in [1.82, 2.24) is 4.90 Å². The standard InChI is InChI=1S/C44H85NO4.C2H6/c1-9-12-15-17-18-21-25-32-40(49-42(47)44(6,7)43(4,5)39-31-28-35-45(8)36-39)33-26-22-19-20-23-27-34-41(46)48-37-38(29-14-11-3)30-24-16-13-10-2;1-2/h38-40H,9-37H2,1-8H3;1-2H3. The quantitative estimate of drug-likeness (QED) is 0.0527. The summed E-state index contributed by atoms with van der Waals surface area (Å²) in [5, 5.41) is 0. The lowest BCUT2D eigenvalue weighted by Gasteiger charge is -2.48. The summed E-state index contributed by atoms with van der Waals surface area (Å²) < 4.78 is 12.2. The van der Waals surface area contributed by atoms with Crippen LogP contribution in [0, 0.1) is 22.7 Å². The van der Waals surface area contributed by atoms with Crippen LogP contribution >= 0.6 is 0 Å². The first kappa shape index (κ1) is 49.9. The maximum Gasteiger partial charge on any atom is 0.312 e. The number of ether oxygens (including phenoxy) is 2. The number of hydrogen-bond acceptors (Lipinski definition) is 5. The molecular formula is C46H91NO4. The average Bonchev–Trinajstić information content (AvgIpc) is 3.12. The number of unbranched alkanes of at least 4 members (excludes halogenated alkanes) is 15. The van der Waals surface area contributed by atoms with E-state index in [0.29, 0.717) is 24.9 Å². The van der Waals surface area contributed by atoms with Crippen LogP contribution in [-0.2, 0) is 19.1 Å². The van der Waals surface area contributed by atoms with Gasteiger partial charge in [-0.15, -0.1) is 0 Å². The van der Waals surface area contributed by atoms with Gasteiger partial charge in [0, 0.05) is 13.0 Å². The second kappa shape index (κ2) is 31.3. The van der Waals surface area contributed by atoms with Crippen molar-refractivity contribution in [2.75, 3.05) is 26.7 Å². The molecular weight excluding hydrogens is 631 g/mol. The molecule has 1 aliphatic rings. The molecule has 1 heterocycles. The van der Waals surface area contributed by atoms with Crippen molar-refractivity contribution in [2.45, 2.75) is 235 Å². The van der Waals surface area contributed by atoms with Crippen molar-refractivity contribution in [2.24, 2.45) is 22.7 Å². The third kappa shape index (κ3) is 22.7. The first-order valence-electron chi connectivity index (χ1n) is 22.5. The zero-order chi connectivity index (χ0) is 38.4. The zero-order valence-electron chi connectivity index (χ0n) is 36.3. The SMILES string of the molecule is CC.CCCCCCCCCC(CCCCCCCCC(=O)OCC(CCCC)CCCCCC)OC(=O)C(C)(C)C(C)(C)C1CCCN(C)C1. The van der Waals surface area contributed by atoms with Gasteiger partial charge >= 0.3 is 11.9 Å². The maximum atomic E-state index is 13.8. The number of hydrogen-bond donors (Lipinski definition) is 0. The molecule has 5 heteroatoms. The monoisotopic (exact) mass is 722 g/mol. The number of piperidine rings is 1. The summed E-state index contributed by atoms with van der Waals surface area (Å²) in [6.45, 7) is 22.4. The molecule has 0 aliphatic carbocycles. The molecule has 0 aromatic heterocycles. The van der Waals surface area contributed by atoms with Crippen molar-refractivity contribution in [3.63, 3.8) is 0 Å². The van der Waals surface area contributed by atoms with E-state index >= 15 is 0 Å². The number of esters is 2. The van der Waals surface area contributed by atoms with Crippen molar-refractivity contribution >= 4 is 11.9 Å². The minimum atomic E-state index is -0.527. The molecule has 0 aromatic rings. The normalized spacial score (nSPS) is 16.6. The molecule has 3 atom stereocenters. The molecule has 1 rings (SSSR count). The molecule has 0 spiro atoms. The van der Waals surface area contributed by atoms with E-state index in [2.05, 4.69) is 60.4 Å². The summed E-state index contributed by atoms with van der Waals surface area (Å²) in [7, 11) is 2.21. The Balaban J connectivity index is 0.0000123. The second-order valence-corrected chi connectivity index (χ2v) is 17.1. The van der Waals surface area contributed by atoms with Crippen LogP contribution in [0.3, 0.4) is 0 Å². The van der Waals surface area contributed by atoms with Gasteiger partial charge in [0.2, 0.25) is 0 Å². The van der Waals surface area contributed by atoms with E-state index < -0.39 is 5.41 Å². The molecule has 0 saturated carbocycles. The van der Waals surface area contributed by atoms with Gasteiger partial charge in [-0.2, -0.15) is 0 Å². The Bertz CT molecular complexity index is 824. The summed E-state index contributed by atoms with van der Waals surface area (Å²) >= 11 is 0. The van der Waals surface area contributed by atoms with Crippen molar-refractivity contribution in [3.05, 3.63) is 0 Å². The van der Waals surface area contributed by atoms with Gasteiger partial charge in [-0.3, -0.25) is 9.59 Å². The smallest absolute Gasteiger partial charge is 0.312 e. The van der Waals surface area contributed by atoms with Crippen LogP contribution in [0.2, 0.25) is 0 Å². The Kier molecular flexibility index (Phi) is 30.6. The lowest BCUT2D eigenvalue weighted by Crippen LogP contribution is -2.50. The highest BCUT2D eigenvalue weighted by atomic mass is 16.5. The van der Waals surface area contributed by atoms with E-state index in [4.69, 9.17) is 9.47 Å². The highest BCUT2D eigenvalue weighted by molar-refractivity contribution is 5.77. The topological polar surface area (TPSA) is 55.8 Å². The molecule has 304 valence electrons. The second-order valence-electron chi connectivity index (χ2n) is 17.1. The number of likely N-dealkylation sites (tertiary alicyclic amines) is 1. The highest BCUT2D eigenvalue weighted by Gasteiger charge is 2.49. The van der Waals surface area contributed by atoms with E-state index in [-0.39, 0.29) is 23.5 Å². The van der Waals surface area contributed by atoms with Crippen LogP contribution in [0.25, 0.3) is 0 Å².